The molecule has 0 bridgehead atoms. The van der Waals surface area contributed by atoms with Gasteiger partial charge < -0.3 is 5.32 Å². The van der Waals surface area contributed by atoms with E-state index < -0.39 is 0 Å². The monoisotopic (exact) mass is 288 g/mol. The van der Waals surface area contributed by atoms with Crippen LogP contribution < -0.4 is 5.32 Å². The first-order chi connectivity index (χ1) is 7.29. The van der Waals surface area contributed by atoms with Crippen LogP contribution in [0.25, 0.3) is 0 Å². The van der Waals surface area contributed by atoms with Gasteiger partial charge in [0.05, 0.1) is 0 Å². The number of halogens is 1. The Bertz CT molecular complexity index is 313. The third-order valence-corrected chi connectivity index (χ3v) is 4.80. The second-order valence-electron chi connectivity index (χ2n) is 3.99. The van der Waals surface area contributed by atoms with Crippen molar-refractivity contribution >= 4 is 27.3 Å². The lowest BCUT2D eigenvalue weighted by molar-refractivity contribution is 0.191. The van der Waals surface area contributed by atoms with E-state index in [-0.39, 0.29) is 0 Å². The molecule has 15 heavy (non-hydrogen) atoms. The Balaban J connectivity index is 1.92. The van der Waals surface area contributed by atoms with Gasteiger partial charge in [0, 0.05) is 41.6 Å². The van der Waals surface area contributed by atoms with E-state index in [0.717, 1.165) is 13.1 Å². The summed E-state index contributed by atoms with van der Waals surface area (Å²) >= 11 is 5.44. The summed E-state index contributed by atoms with van der Waals surface area (Å²) in [5, 5.41) is 5.69. The van der Waals surface area contributed by atoms with Gasteiger partial charge in [0.1, 0.15) is 0 Å². The highest BCUT2D eigenvalue weighted by Gasteiger charge is 2.18. The number of nitrogens with one attached hydrogen (secondary N) is 1. The van der Waals surface area contributed by atoms with E-state index in [0.29, 0.717) is 6.04 Å². The molecule has 1 N–H and O–H groups in total. The minimum atomic E-state index is 0.678. The highest BCUT2D eigenvalue weighted by Crippen LogP contribution is 2.24. The molecule has 1 aliphatic heterocycles. The Kier molecular flexibility index (Phi) is 4.20. The quantitative estimate of drug-likeness (QED) is 0.920. The number of nitrogens with zero attached hydrogens (tertiary/aromatic N) is 1. The van der Waals surface area contributed by atoms with Crippen LogP contribution >= 0.6 is 27.3 Å². The highest BCUT2D eigenvalue weighted by atomic mass is 79.9. The Morgan fingerprint density at radius 2 is 2.53 bits per heavy atom. The Morgan fingerprint density at radius 3 is 3.20 bits per heavy atom. The molecule has 1 aromatic rings. The number of thiophene rings is 1. The van der Waals surface area contributed by atoms with Crippen LogP contribution in [0.1, 0.15) is 18.2 Å². The summed E-state index contributed by atoms with van der Waals surface area (Å²) in [6.07, 6.45) is 1.22. The third kappa shape index (κ3) is 3.03. The third-order valence-electron chi connectivity index (χ3n) is 2.89. The van der Waals surface area contributed by atoms with Crippen LogP contribution in [0.4, 0.5) is 0 Å². The zero-order valence-electron chi connectivity index (χ0n) is 9.00. The summed E-state index contributed by atoms with van der Waals surface area (Å²) in [6, 6.07) is 2.82. The van der Waals surface area contributed by atoms with Crippen molar-refractivity contribution in [2.75, 3.05) is 19.6 Å². The van der Waals surface area contributed by atoms with Crippen molar-refractivity contribution in [1.82, 2.24) is 10.2 Å². The maximum atomic E-state index is 3.59. The van der Waals surface area contributed by atoms with Gasteiger partial charge in [-0.2, -0.15) is 0 Å². The molecule has 1 aromatic heterocycles. The zero-order valence-corrected chi connectivity index (χ0v) is 11.4. The molecule has 1 aliphatic rings. The first kappa shape index (κ1) is 11.6. The molecule has 1 saturated heterocycles. The fourth-order valence-electron chi connectivity index (χ4n) is 1.95. The predicted molar refractivity (Wildman–Crippen MR) is 69.4 cm³/mol. The second kappa shape index (κ2) is 5.43. The van der Waals surface area contributed by atoms with Gasteiger partial charge in [0.15, 0.2) is 0 Å². The standard InChI is InChI=1S/C11H17BrN2S/c1-2-9-7-14(5-4-13-9)8-11-10(12)3-6-15-11/h3,6,9,13H,2,4-5,7-8H2,1H3. The summed E-state index contributed by atoms with van der Waals surface area (Å²) in [4.78, 5) is 3.99. The number of hydrogen-bond donors (Lipinski definition) is 1. The van der Waals surface area contributed by atoms with E-state index >= 15 is 0 Å². The molecule has 1 unspecified atom stereocenters. The van der Waals surface area contributed by atoms with Crippen molar-refractivity contribution in [1.29, 1.82) is 0 Å². The molecule has 4 heteroatoms. The lowest BCUT2D eigenvalue weighted by Crippen LogP contribution is -2.49. The predicted octanol–water partition coefficient (Wildman–Crippen LogP) is 2.69. The summed E-state index contributed by atoms with van der Waals surface area (Å²) in [5.41, 5.74) is 0. The molecule has 0 spiro atoms. The van der Waals surface area contributed by atoms with Gasteiger partial charge in [-0.15, -0.1) is 11.3 Å². The average Bonchev–Trinajstić information content (AvgIpc) is 2.65. The molecule has 2 heterocycles. The number of rotatable bonds is 3. The topological polar surface area (TPSA) is 15.3 Å². The molecule has 2 nitrogen and oxygen atoms in total. The number of piperazine rings is 1. The molecular formula is C11H17BrN2S. The summed E-state index contributed by atoms with van der Waals surface area (Å²) in [5.74, 6) is 0. The maximum Gasteiger partial charge on any atom is 0.0340 e. The van der Waals surface area contributed by atoms with Gasteiger partial charge in [-0.1, -0.05) is 6.92 Å². The van der Waals surface area contributed by atoms with Crippen molar-refractivity contribution in [3.05, 3.63) is 20.8 Å². The average molecular weight is 289 g/mol. The van der Waals surface area contributed by atoms with Crippen molar-refractivity contribution in [2.45, 2.75) is 25.9 Å². The Labute approximate surface area is 104 Å². The van der Waals surface area contributed by atoms with E-state index in [1.165, 1.54) is 28.9 Å². The number of hydrogen-bond acceptors (Lipinski definition) is 3. The second-order valence-corrected chi connectivity index (χ2v) is 5.84. The van der Waals surface area contributed by atoms with Gasteiger partial charge in [0.25, 0.3) is 0 Å². The fourth-order valence-corrected chi connectivity index (χ4v) is 3.47. The van der Waals surface area contributed by atoms with Crippen LogP contribution in [0.15, 0.2) is 15.9 Å². The molecule has 0 saturated carbocycles. The fraction of sp³-hybridized carbons (Fsp3) is 0.636. The summed E-state index contributed by atoms with van der Waals surface area (Å²) < 4.78 is 1.26. The van der Waals surface area contributed by atoms with E-state index in [1.807, 2.05) is 11.3 Å². The zero-order chi connectivity index (χ0) is 10.7. The van der Waals surface area contributed by atoms with Crippen molar-refractivity contribution in [2.24, 2.45) is 0 Å². The summed E-state index contributed by atoms with van der Waals surface area (Å²) in [7, 11) is 0. The van der Waals surface area contributed by atoms with Gasteiger partial charge in [-0.05, 0) is 33.8 Å². The lowest BCUT2D eigenvalue weighted by atomic mass is 10.1. The van der Waals surface area contributed by atoms with Crippen molar-refractivity contribution < 1.29 is 0 Å². The minimum Gasteiger partial charge on any atom is -0.311 e. The van der Waals surface area contributed by atoms with Crippen LogP contribution in [0.2, 0.25) is 0 Å². The van der Waals surface area contributed by atoms with Gasteiger partial charge >= 0.3 is 0 Å². The molecule has 0 amide bonds. The summed E-state index contributed by atoms with van der Waals surface area (Å²) in [6.45, 7) is 6.82. The van der Waals surface area contributed by atoms with Crippen LogP contribution in [0.5, 0.6) is 0 Å². The minimum absolute atomic E-state index is 0.678. The largest absolute Gasteiger partial charge is 0.311 e. The lowest BCUT2D eigenvalue weighted by Gasteiger charge is -2.33. The van der Waals surface area contributed by atoms with E-state index in [2.05, 4.69) is 44.5 Å². The van der Waals surface area contributed by atoms with E-state index in [4.69, 9.17) is 0 Å². The van der Waals surface area contributed by atoms with E-state index in [9.17, 15) is 0 Å². The van der Waals surface area contributed by atoms with Crippen LogP contribution in [-0.4, -0.2) is 30.6 Å². The SMILES string of the molecule is CCC1CN(Cc2sccc2Br)CCN1. The first-order valence-corrected chi connectivity index (χ1v) is 7.14. The molecule has 0 aliphatic carbocycles. The Morgan fingerprint density at radius 1 is 1.67 bits per heavy atom. The van der Waals surface area contributed by atoms with Crippen LogP contribution in [-0.2, 0) is 6.54 Å². The molecule has 1 fully saturated rings. The van der Waals surface area contributed by atoms with E-state index in [1.54, 1.807) is 0 Å². The van der Waals surface area contributed by atoms with Crippen molar-refractivity contribution in [3.8, 4) is 0 Å². The molecule has 0 radical (unpaired) electrons. The molecular weight excluding hydrogens is 272 g/mol. The molecule has 0 aromatic carbocycles. The van der Waals surface area contributed by atoms with Gasteiger partial charge in [-0.25, -0.2) is 0 Å². The molecule has 2 rings (SSSR count). The first-order valence-electron chi connectivity index (χ1n) is 5.47. The van der Waals surface area contributed by atoms with Crippen LogP contribution in [0.3, 0.4) is 0 Å². The van der Waals surface area contributed by atoms with Gasteiger partial charge in [0.2, 0.25) is 0 Å². The smallest absolute Gasteiger partial charge is 0.0340 e. The van der Waals surface area contributed by atoms with Gasteiger partial charge in [-0.3, -0.25) is 4.90 Å². The molecule has 1 atom stereocenters. The van der Waals surface area contributed by atoms with Crippen LogP contribution in [0, 0.1) is 0 Å². The Hall–Kier alpha value is 0.1000. The normalized spacial score (nSPS) is 23.2. The highest BCUT2D eigenvalue weighted by molar-refractivity contribution is 9.10. The molecule has 84 valence electrons. The van der Waals surface area contributed by atoms with Crippen molar-refractivity contribution in [3.63, 3.8) is 0 Å². The maximum absolute atomic E-state index is 3.59.